The van der Waals surface area contributed by atoms with Gasteiger partial charge in [-0.3, -0.25) is 0 Å². The molecule has 6 heteroatoms. The van der Waals surface area contributed by atoms with Crippen molar-refractivity contribution >= 4 is 32.3 Å². The van der Waals surface area contributed by atoms with E-state index < -0.39 is 32.3 Å². The van der Waals surface area contributed by atoms with Gasteiger partial charge in [0.1, 0.15) is 0 Å². The Bertz CT molecular complexity index is 1230. The maximum Gasteiger partial charge on any atom is 0.0473 e. The Labute approximate surface area is 404 Å². The highest BCUT2D eigenvalue weighted by Gasteiger charge is 2.47. The molecule has 8 aliphatic rings. The van der Waals surface area contributed by atoms with Crippen LogP contribution in [-0.4, -0.2) is 57.5 Å². The van der Waals surface area contributed by atoms with Crippen molar-refractivity contribution in [1.29, 1.82) is 0 Å². The van der Waals surface area contributed by atoms with Crippen molar-refractivity contribution in [3.63, 3.8) is 0 Å². The van der Waals surface area contributed by atoms with Crippen LogP contribution < -0.4 is 10.6 Å². The van der Waals surface area contributed by atoms with E-state index >= 15 is 0 Å². The zero-order chi connectivity index (χ0) is 45.6. The first-order valence-electron chi connectivity index (χ1n) is 29.7. The molecule has 2 N–H and O–H groups in total. The molecule has 2 nitrogen and oxygen atoms in total. The molecular formula is C58H112N2Si4. The van der Waals surface area contributed by atoms with E-state index in [0.717, 1.165) is 93.2 Å². The summed E-state index contributed by atoms with van der Waals surface area (Å²) in [7, 11) is -4.10. The summed E-state index contributed by atoms with van der Waals surface area (Å²) in [5.74, 6) is 12.3. The first kappa shape index (κ1) is 51.2. The average molecular weight is 950 g/mol. The maximum atomic E-state index is 4.27. The van der Waals surface area contributed by atoms with Gasteiger partial charge >= 0.3 is 0 Å². The van der Waals surface area contributed by atoms with Gasteiger partial charge in [0.15, 0.2) is 0 Å². The van der Waals surface area contributed by atoms with Gasteiger partial charge in [-0.05, 0) is 170 Å². The van der Waals surface area contributed by atoms with Gasteiger partial charge in [-0.15, -0.1) is 0 Å². The number of rotatable bonds is 11. The molecular weight excluding hydrogens is 837 g/mol. The molecule has 2 saturated heterocycles. The van der Waals surface area contributed by atoms with Gasteiger partial charge in [0, 0.05) is 44.4 Å². The van der Waals surface area contributed by atoms with Gasteiger partial charge in [0.2, 0.25) is 0 Å². The molecule has 6 aliphatic carbocycles. The highest BCUT2D eigenvalue weighted by molar-refractivity contribution is 6.78. The third kappa shape index (κ3) is 12.8. The normalized spacial score (nSPS) is 45.2. The van der Waals surface area contributed by atoms with Gasteiger partial charge in [0.05, 0.1) is 0 Å². The van der Waals surface area contributed by atoms with Crippen LogP contribution in [0.4, 0.5) is 0 Å². The molecule has 64 heavy (non-hydrogen) atoms. The van der Waals surface area contributed by atoms with Gasteiger partial charge in [-0.1, -0.05) is 181 Å². The van der Waals surface area contributed by atoms with Crippen LogP contribution in [0.1, 0.15) is 167 Å². The Hall–Kier alpha value is 0.788. The van der Waals surface area contributed by atoms with E-state index in [1.54, 1.807) is 141 Å². The van der Waals surface area contributed by atoms with Crippen molar-refractivity contribution < 1.29 is 0 Å². The lowest BCUT2D eigenvalue weighted by molar-refractivity contribution is 0.0288. The molecule has 8 atom stereocenters. The lowest BCUT2D eigenvalue weighted by atomic mass is 9.58. The molecule has 0 aromatic rings. The monoisotopic (exact) mass is 949 g/mol. The minimum absolute atomic E-state index is 0.712. The van der Waals surface area contributed by atoms with Crippen LogP contribution in [0.25, 0.3) is 0 Å². The second kappa shape index (κ2) is 21.2. The summed E-state index contributed by atoms with van der Waals surface area (Å²) in [6.07, 6.45) is 40.7. The van der Waals surface area contributed by atoms with Gasteiger partial charge in [-0.25, -0.2) is 0 Å². The summed E-state index contributed by atoms with van der Waals surface area (Å²) in [5, 5.41) is 8.55. The predicted molar refractivity (Wildman–Crippen MR) is 294 cm³/mol. The van der Waals surface area contributed by atoms with Gasteiger partial charge in [0.25, 0.3) is 0 Å². The van der Waals surface area contributed by atoms with E-state index in [0.29, 0.717) is 12.1 Å². The van der Waals surface area contributed by atoms with Crippen LogP contribution >= 0.6 is 0 Å². The molecule has 0 aromatic heterocycles. The summed E-state index contributed by atoms with van der Waals surface area (Å²) < 4.78 is 0. The van der Waals surface area contributed by atoms with E-state index in [2.05, 4.69) is 89.2 Å². The first-order valence-corrected chi connectivity index (χ1v) is 44.0. The minimum atomic E-state index is -1.03. The molecule has 0 amide bonds. The van der Waals surface area contributed by atoms with Crippen molar-refractivity contribution in [3.8, 4) is 0 Å². The molecule has 0 bridgehead atoms. The lowest BCUT2D eigenvalue weighted by Gasteiger charge is -2.50. The van der Waals surface area contributed by atoms with E-state index in [1.165, 1.54) is 38.8 Å². The lowest BCUT2D eigenvalue weighted by Crippen LogP contribution is -2.56. The third-order valence-corrected chi connectivity index (χ3v) is 35.2. The van der Waals surface area contributed by atoms with Crippen LogP contribution in [0.3, 0.4) is 0 Å². The van der Waals surface area contributed by atoms with Crippen molar-refractivity contribution in [2.75, 3.05) is 13.1 Å². The highest BCUT2D eigenvalue weighted by Crippen LogP contribution is 2.56. The van der Waals surface area contributed by atoms with E-state index in [4.69, 9.17) is 0 Å². The van der Waals surface area contributed by atoms with Gasteiger partial charge < -0.3 is 10.6 Å². The fourth-order valence-corrected chi connectivity index (χ4v) is 26.7. The fourth-order valence-electron chi connectivity index (χ4n) is 18.5. The molecule has 8 unspecified atom stereocenters. The molecule has 0 aromatic carbocycles. The smallest absolute Gasteiger partial charge is 0.0473 e. The topological polar surface area (TPSA) is 24.1 Å². The van der Waals surface area contributed by atoms with E-state index in [-0.39, 0.29) is 0 Å². The summed E-state index contributed by atoms with van der Waals surface area (Å²) in [6, 6.07) is 1.42. The molecule has 0 radical (unpaired) electrons. The van der Waals surface area contributed by atoms with Crippen LogP contribution in [0.15, 0.2) is 0 Å². The Morgan fingerprint density at radius 2 is 0.422 bits per heavy atom. The van der Waals surface area contributed by atoms with Crippen molar-refractivity contribution in [3.05, 3.63) is 0 Å². The van der Waals surface area contributed by atoms with Crippen molar-refractivity contribution in [2.45, 2.75) is 280 Å². The number of hydrogen-bond donors (Lipinski definition) is 2. The molecule has 0 spiro atoms. The van der Waals surface area contributed by atoms with Crippen LogP contribution in [0.2, 0.25) is 101 Å². The number of hydrogen-bond acceptors (Lipinski definition) is 2. The zero-order valence-corrected chi connectivity index (χ0v) is 49.2. The second-order valence-corrected chi connectivity index (χ2v) is 52.8. The molecule has 8 fully saturated rings. The predicted octanol–water partition coefficient (Wildman–Crippen LogP) is 17.4. The van der Waals surface area contributed by atoms with Crippen LogP contribution in [-0.2, 0) is 0 Å². The minimum Gasteiger partial charge on any atom is -0.312 e. The molecule has 2 heterocycles. The maximum absolute atomic E-state index is 4.27. The van der Waals surface area contributed by atoms with Gasteiger partial charge in [-0.2, -0.15) is 0 Å². The fraction of sp³-hybridized carbons (Fsp3) is 1.00. The average Bonchev–Trinajstić information content (AvgIpc) is 3.28. The third-order valence-electron chi connectivity index (χ3n) is 23.1. The summed E-state index contributed by atoms with van der Waals surface area (Å²) in [6.45, 7) is 34.6. The van der Waals surface area contributed by atoms with Crippen LogP contribution in [0.5, 0.6) is 0 Å². The Morgan fingerprint density at radius 1 is 0.219 bits per heavy atom. The second-order valence-electron chi connectivity index (χ2n) is 30.6. The number of nitrogens with one attached hydrogen (secondary N) is 2. The Kier molecular flexibility index (Phi) is 17.0. The van der Waals surface area contributed by atoms with E-state index in [1.807, 2.05) is 0 Å². The highest BCUT2D eigenvalue weighted by atomic mass is 28.3. The Balaban J connectivity index is 0.929. The van der Waals surface area contributed by atoms with E-state index in [9.17, 15) is 0 Å². The quantitative estimate of drug-likeness (QED) is 0.202. The first-order chi connectivity index (χ1) is 30.2. The molecule has 370 valence electrons. The SMILES string of the molecule is C[Si](C)(C)C1CCC(C2CC(C3CCC([Si](C)(C)C)CC3)CC(C3CCNC(C4CC(C5CC(C6CCC([Si](C)(C)C)CC6)CC(C6CCC([Si](C)(C)C)CC6)C5)CCN4)C3)C2)CC1. The molecule has 8 rings (SSSR count). The molecule has 2 aliphatic heterocycles. The summed E-state index contributed by atoms with van der Waals surface area (Å²) in [5.41, 5.74) is 4.34. The molecule has 6 saturated carbocycles. The zero-order valence-electron chi connectivity index (χ0n) is 45.2. The summed E-state index contributed by atoms with van der Waals surface area (Å²) >= 11 is 0. The Morgan fingerprint density at radius 3 is 0.625 bits per heavy atom. The van der Waals surface area contributed by atoms with Crippen molar-refractivity contribution in [2.24, 2.45) is 71.0 Å². The summed E-state index contributed by atoms with van der Waals surface area (Å²) in [4.78, 5) is 0. The standard InChI is InChI=1S/C58H112N2Si4/c1-61(2,3)53-21-13-41(14-22-53)47-33-48(42-15-23-54(24-16-42)62(4,5)6)36-51(35-47)45-29-31-59-57(39-45)58-40-46(30-32-60-58)52-37-49(43-17-25-55(26-18-43)63(7,8)9)34-50(38-52)44-19-27-56(28-20-44)64(10,11)12/h41-60H,13-40H2,1-12H3. The number of piperidine rings is 2. The van der Waals surface area contributed by atoms with Crippen molar-refractivity contribution in [1.82, 2.24) is 10.6 Å². The largest absolute Gasteiger partial charge is 0.312 e. The van der Waals surface area contributed by atoms with Crippen LogP contribution in [0, 0.1) is 71.0 Å².